The van der Waals surface area contributed by atoms with Crippen LogP contribution in [-0.4, -0.2) is 0 Å². The predicted molar refractivity (Wildman–Crippen MR) is 48.8 cm³/mol. The van der Waals surface area contributed by atoms with Gasteiger partial charge in [0.05, 0.1) is 4.88 Å². The molecule has 1 fully saturated rings. The molecule has 1 aliphatic rings. The van der Waals surface area contributed by atoms with E-state index in [1.807, 2.05) is 0 Å². The summed E-state index contributed by atoms with van der Waals surface area (Å²) in [5.41, 5.74) is 0. The van der Waals surface area contributed by atoms with E-state index in [1.54, 1.807) is 11.3 Å². The van der Waals surface area contributed by atoms with Gasteiger partial charge in [0.1, 0.15) is 0 Å². The molecule has 0 bridgehead atoms. The summed E-state index contributed by atoms with van der Waals surface area (Å²) in [6, 6.07) is 4.24. The summed E-state index contributed by atoms with van der Waals surface area (Å²) in [6.45, 7) is 0. The molecule has 1 heteroatoms. The summed E-state index contributed by atoms with van der Waals surface area (Å²) >= 11 is 1.78. The number of hydrogen-bond donors (Lipinski definition) is 0. The Balaban J connectivity index is 2.19. The Morgan fingerprint density at radius 1 is 1.45 bits per heavy atom. The SMILES string of the molecule is C#Cc1ccc(C2CCC2)s1. The first-order valence-electron chi connectivity index (χ1n) is 3.96. The van der Waals surface area contributed by atoms with Crippen LogP contribution in [0.4, 0.5) is 0 Å². The second kappa shape index (κ2) is 2.71. The van der Waals surface area contributed by atoms with Crippen LogP contribution in [-0.2, 0) is 0 Å². The van der Waals surface area contributed by atoms with Gasteiger partial charge in [-0.05, 0) is 30.9 Å². The molecular weight excluding hydrogens is 152 g/mol. The fraction of sp³-hybridized carbons (Fsp3) is 0.400. The van der Waals surface area contributed by atoms with E-state index < -0.39 is 0 Å². The van der Waals surface area contributed by atoms with Crippen molar-refractivity contribution in [3.63, 3.8) is 0 Å². The number of terminal acetylenes is 1. The van der Waals surface area contributed by atoms with Gasteiger partial charge in [-0.1, -0.05) is 12.3 Å². The third kappa shape index (κ3) is 1.19. The molecule has 0 amide bonds. The predicted octanol–water partition coefficient (Wildman–Crippen LogP) is 3.00. The Morgan fingerprint density at radius 3 is 2.73 bits per heavy atom. The van der Waals surface area contributed by atoms with Gasteiger partial charge in [0.25, 0.3) is 0 Å². The molecule has 1 aliphatic carbocycles. The van der Waals surface area contributed by atoms with Gasteiger partial charge >= 0.3 is 0 Å². The van der Waals surface area contributed by atoms with Crippen molar-refractivity contribution >= 4 is 11.3 Å². The van der Waals surface area contributed by atoms with Crippen molar-refractivity contribution in [1.82, 2.24) is 0 Å². The highest BCUT2D eigenvalue weighted by Gasteiger charge is 2.20. The van der Waals surface area contributed by atoms with Crippen LogP contribution < -0.4 is 0 Å². The molecule has 0 nitrogen and oxygen atoms in total. The van der Waals surface area contributed by atoms with Gasteiger partial charge in [-0.15, -0.1) is 17.8 Å². The molecule has 1 aromatic heterocycles. The van der Waals surface area contributed by atoms with Gasteiger partial charge in [-0.25, -0.2) is 0 Å². The van der Waals surface area contributed by atoms with Crippen LogP contribution >= 0.6 is 11.3 Å². The maximum atomic E-state index is 5.28. The van der Waals surface area contributed by atoms with Gasteiger partial charge in [-0.3, -0.25) is 0 Å². The molecule has 11 heavy (non-hydrogen) atoms. The molecule has 0 saturated heterocycles. The molecule has 0 N–H and O–H groups in total. The largest absolute Gasteiger partial charge is 0.131 e. The molecule has 0 unspecified atom stereocenters. The zero-order chi connectivity index (χ0) is 7.68. The van der Waals surface area contributed by atoms with Crippen LogP contribution in [0.1, 0.15) is 34.9 Å². The molecule has 1 aromatic rings. The number of rotatable bonds is 1. The summed E-state index contributed by atoms with van der Waals surface area (Å²) in [7, 11) is 0. The van der Waals surface area contributed by atoms with Crippen LogP contribution in [0, 0.1) is 12.3 Å². The Morgan fingerprint density at radius 2 is 2.27 bits per heavy atom. The molecule has 0 spiro atoms. The Labute approximate surface area is 71.3 Å². The zero-order valence-electron chi connectivity index (χ0n) is 6.34. The monoisotopic (exact) mass is 162 g/mol. The van der Waals surface area contributed by atoms with Crippen molar-refractivity contribution in [1.29, 1.82) is 0 Å². The maximum Gasteiger partial charge on any atom is 0.0768 e. The van der Waals surface area contributed by atoms with Gasteiger partial charge < -0.3 is 0 Å². The Hall–Kier alpha value is -0.740. The van der Waals surface area contributed by atoms with Crippen molar-refractivity contribution < 1.29 is 0 Å². The van der Waals surface area contributed by atoms with Crippen molar-refractivity contribution in [2.75, 3.05) is 0 Å². The second-order valence-electron chi connectivity index (χ2n) is 2.97. The molecule has 2 rings (SSSR count). The minimum atomic E-state index is 0.835. The van der Waals surface area contributed by atoms with Crippen molar-refractivity contribution in [2.24, 2.45) is 0 Å². The highest BCUT2D eigenvalue weighted by molar-refractivity contribution is 7.12. The molecule has 1 saturated carbocycles. The summed E-state index contributed by atoms with van der Waals surface area (Å²) in [4.78, 5) is 2.57. The molecular formula is C10H10S. The van der Waals surface area contributed by atoms with E-state index in [4.69, 9.17) is 6.42 Å². The Kier molecular flexibility index (Phi) is 1.71. The summed E-state index contributed by atoms with van der Waals surface area (Å²) in [6.07, 6.45) is 9.41. The molecule has 0 atom stereocenters. The molecule has 1 heterocycles. The summed E-state index contributed by atoms with van der Waals surface area (Å²) < 4.78 is 0. The smallest absolute Gasteiger partial charge is 0.0768 e. The van der Waals surface area contributed by atoms with Crippen LogP contribution in [0.2, 0.25) is 0 Å². The molecule has 0 aliphatic heterocycles. The molecule has 0 radical (unpaired) electrons. The minimum absolute atomic E-state index is 0.835. The first-order valence-corrected chi connectivity index (χ1v) is 4.78. The van der Waals surface area contributed by atoms with Gasteiger partial charge in [0, 0.05) is 4.88 Å². The number of thiophene rings is 1. The van der Waals surface area contributed by atoms with Crippen molar-refractivity contribution in [3.8, 4) is 12.3 Å². The standard InChI is InChI=1S/C10H10S/c1-2-9-6-7-10(11-9)8-4-3-5-8/h1,6-8H,3-5H2. The first-order chi connectivity index (χ1) is 5.40. The Bertz CT molecular complexity index is 286. The van der Waals surface area contributed by atoms with Gasteiger partial charge in [0.2, 0.25) is 0 Å². The van der Waals surface area contributed by atoms with E-state index in [0.717, 1.165) is 10.8 Å². The van der Waals surface area contributed by atoms with E-state index >= 15 is 0 Å². The van der Waals surface area contributed by atoms with Gasteiger partial charge in [0.15, 0.2) is 0 Å². The fourth-order valence-corrected chi connectivity index (χ4v) is 2.33. The lowest BCUT2D eigenvalue weighted by atomic mass is 9.84. The van der Waals surface area contributed by atoms with Crippen LogP contribution in [0.15, 0.2) is 12.1 Å². The molecule has 0 aromatic carbocycles. The van der Waals surface area contributed by atoms with Crippen LogP contribution in [0.5, 0.6) is 0 Å². The average Bonchev–Trinajstić information content (AvgIpc) is 2.32. The lowest BCUT2D eigenvalue weighted by Crippen LogP contribution is -2.06. The maximum absolute atomic E-state index is 5.28. The average molecular weight is 162 g/mol. The lowest BCUT2D eigenvalue weighted by molar-refractivity contribution is 0.426. The van der Waals surface area contributed by atoms with Crippen LogP contribution in [0.25, 0.3) is 0 Å². The van der Waals surface area contributed by atoms with E-state index in [0.29, 0.717) is 0 Å². The molecule has 56 valence electrons. The first kappa shape index (κ1) is 6.94. The number of hydrogen-bond acceptors (Lipinski definition) is 1. The highest BCUT2D eigenvalue weighted by atomic mass is 32.1. The summed E-state index contributed by atoms with van der Waals surface area (Å²) in [5, 5.41) is 0. The lowest BCUT2D eigenvalue weighted by Gasteiger charge is -2.23. The van der Waals surface area contributed by atoms with E-state index in [1.165, 1.54) is 24.1 Å². The van der Waals surface area contributed by atoms with Crippen molar-refractivity contribution in [3.05, 3.63) is 21.9 Å². The topological polar surface area (TPSA) is 0 Å². The second-order valence-corrected chi connectivity index (χ2v) is 4.09. The minimum Gasteiger partial charge on any atom is -0.131 e. The van der Waals surface area contributed by atoms with E-state index in [2.05, 4.69) is 18.1 Å². The highest BCUT2D eigenvalue weighted by Crippen LogP contribution is 2.39. The third-order valence-electron chi connectivity index (χ3n) is 2.28. The quantitative estimate of drug-likeness (QED) is 0.557. The van der Waals surface area contributed by atoms with Gasteiger partial charge in [-0.2, -0.15) is 0 Å². The van der Waals surface area contributed by atoms with Crippen LogP contribution in [0.3, 0.4) is 0 Å². The van der Waals surface area contributed by atoms with E-state index in [9.17, 15) is 0 Å². The van der Waals surface area contributed by atoms with Crippen molar-refractivity contribution in [2.45, 2.75) is 25.2 Å². The van der Waals surface area contributed by atoms with E-state index in [-0.39, 0.29) is 0 Å². The normalized spacial score (nSPS) is 17.4. The third-order valence-corrected chi connectivity index (χ3v) is 3.46. The fourth-order valence-electron chi connectivity index (χ4n) is 1.34. The summed E-state index contributed by atoms with van der Waals surface area (Å²) in [5.74, 6) is 3.50. The zero-order valence-corrected chi connectivity index (χ0v) is 7.16.